The Bertz CT molecular complexity index is 803. The number of nitrogens with one attached hydrogen (secondary N) is 1. The lowest BCUT2D eigenvalue weighted by Crippen LogP contribution is -2.36. The van der Waals surface area contributed by atoms with Crippen LogP contribution in [0.1, 0.15) is 17.5 Å². The average molecular weight is 370 g/mol. The number of nitrogens with zero attached hydrogens (tertiary/aromatic N) is 2. The zero-order valence-electron chi connectivity index (χ0n) is 15.0. The van der Waals surface area contributed by atoms with Crippen LogP contribution in [0.5, 0.6) is 5.75 Å². The number of halogens is 1. The van der Waals surface area contributed by atoms with Gasteiger partial charge in [-0.05, 0) is 47.4 Å². The van der Waals surface area contributed by atoms with Crippen LogP contribution in [0.4, 0.5) is 0 Å². The minimum absolute atomic E-state index is 0.809. The number of rotatable bonds is 5. The van der Waals surface area contributed by atoms with Gasteiger partial charge in [-0.3, -0.25) is 4.90 Å². The van der Waals surface area contributed by atoms with Gasteiger partial charge in [0.25, 0.3) is 0 Å². The first kappa shape index (κ1) is 17.4. The van der Waals surface area contributed by atoms with Gasteiger partial charge in [0.2, 0.25) is 0 Å². The number of hydrogen-bond donors (Lipinski definition) is 1. The molecular weight excluding hydrogens is 346 g/mol. The zero-order chi connectivity index (χ0) is 17.9. The maximum absolute atomic E-state index is 6.11. The normalized spacial score (nSPS) is 17.9. The molecule has 136 valence electrons. The lowest BCUT2D eigenvalue weighted by atomic mass is 10.1. The average Bonchev–Trinajstić information content (AvgIpc) is 3.04. The molecule has 0 aromatic heterocycles. The van der Waals surface area contributed by atoms with Crippen LogP contribution in [0.25, 0.3) is 0 Å². The smallest absolute Gasteiger partial charge is 0.118 e. The second-order valence-electron chi connectivity index (χ2n) is 6.99. The Hall–Kier alpha value is -2.01. The summed E-state index contributed by atoms with van der Waals surface area (Å²) in [4.78, 5) is 2.48. The summed E-state index contributed by atoms with van der Waals surface area (Å²) in [6, 6.07) is 16.5. The van der Waals surface area contributed by atoms with E-state index in [1.165, 1.54) is 16.8 Å². The molecule has 1 N–H and O–H groups in total. The topological polar surface area (TPSA) is 27.7 Å². The highest BCUT2D eigenvalue weighted by Gasteiger charge is 2.26. The van der Waals surface area contributed by atoms with Crippen molar-refractivity contribution < 1.29 is 4.74 Å². The van der Waals surface area contributed by atoms with Crippen molar-refractivity contribution in [1.29, 1.82) is 0 Å². The Kier molecular flexibility index (Phi) is 5.16. The number of ether oxygens (including phenoxy) is 1. The maximum Gasteiger partial charge on any atom is 0.118 e. The SMILES string of the molecule is COc1ccc(CN2CC3=C(CN(Cc4cccc(Cl)c4)CC3)N2)cc1. The van der Waals surface area contributed by atoms with E-state index in [1.807, 2.05) is 24.3 Å². The number of hydrazine groups is 1. The highest BCUT2D eigenvalue weighted by Crippen LogP contribution is 2.25. The highest BCUT2D eigenvalue weighted by molar-refractivity contribution is 6.30. The van der Waals surface area contributed by atoms with Crippen molar-refractivity contribution in [2.75, 3.05) is 26.7 Å². The summed E-state index contributed by atoms with van der Waals surface area (Å²) < 4.78 is 5.23. The molecule has 0 saturated carbocycles. The van der Waals surface area contributed by atoms with Gasteiger partial charge in [-0.25, -0.2) is 5.01 Å². The summed E-state index contributed by atoms with van der Waals surface area (Å²) in [6.07, 6.45) is 1.13. The van der Waals surface area contributed by atoms with Crippen molar-refractivity contribution in [3.8, 4) is 5.75 Å². The van der Waals surface area contributed by atoms with Crippen LogP contribution in [0.15, 0.2) is 59.8 Å². The van der Waals surface area contributed by atoms with Crippen molar-refractivity contribution in [3.05, 3.63) is 76.0 Å². The van der Waals surface area contributed by atoms with Gasteiger partial charge in [0.1, 0.15) is 5.75 Å². The van der Waals surface area contributed by atoms with E-state index in [1.54, 1.807) is 12.7 Å². The van der Waals surface area contributed by atoms with Crippen molar-refractivity contribution in [1.82, 2.24) is 15.3 Å². The van der Waals surface area contributed by atoms with Crippen LogP contribution in [0.3, 0.4) is 0 Å². The van der Waals surface area contributed by atoms with Crippen LogP contribution in [-0.4, -0.2) is 36.7 Å². The molecule has 2 aromatic carbocycles. The van der Waals surface area contributed by atoms with Gasteiger partial charge in [-0.1, -0.05) is 35.9 Å². The second-order valence-corrected chi connectivity index (χ2v) is 7.43. The fourth-order valence-electron chi connectivity index (χ4n) is 3.68. The Morgan fingerprint density at radius 1 is 1.04 bits per heavy atom. The Labute approximate surface area is 160 Å². The van der Waals surface area contributed by atoms with Crippen LogP contribution in [-0.2, 0) is 13.1 Å². The van der Waals surface area contributed by atoms with Gasteiger partial charge in [-0.2, -0.15) is 0 Å². The van der Waals surface area contributed by atoms with E-state index in [0.717, 1.165) is 49.9 Å². The van der Waals surface area contributed by atoms with Gasteiger partial charge < -0.3 is 10.2 Å². The van der Waals surface area contributed by atoms with E-state index in [-0.39, 0.29) is 0 Å². The third kappa shape index (κ3) is 4.04. The van der Waals surface area contributed by atoms with Crippen LogP contribution in [0.2, 0.25) is 5.02 Å². The first-order valence-corrected chi connectivity index (χ1v) is 9.39. The molecule has 4 rings (SSSR count). The van der Waals surface area contributed by atoms with E-state index in [2.05, 4.69) is 39.6 Å². The van der Waals surface area contributed by atoms with Gasteiger partial charge in [0, 0.05) is 43.4 Å². The van der Waals surface area contributed by atoms with Crippen molar-refractivity contribution >= 4 is 11.6 Å². The van der Waals surface area contributed by atoms with Crippen LogP contribution in [0, 0.1) is 0 Å². The zero-order valence-corrected chi connectivity index (χ0v) is 15.8. The lowest BCUT2D eigenvalue weighted by Gasteiger charge is -2.28. The van der Waals surface area contributed by atoms with E-state index in [0.29, 0.717) is 0 Å². The first-order chi connectivity index (χ1) is 12.7. The fourth-order valence-corrected chi connectivity index (χ4v) is 3.90. The van der Waals surface area contributed by atoms with Gasteiger partial charge in [0.15, 0.2) is 0 Å². The summed E-state index contributed by atoms with van der Waals surface area (Å²) in [5.41, 5.74) is 9.08. The highest BCUT2D eigenvalue weighted by atomic mass is 35.5. The number of benzene rings is 2. The molecule has 5 heteroatoms. The summed E-state index contributed by atoms with van der Waals surface area (Å²) in [5.74, 6) is 0.900. The summed E-state index contributed by atoms with van der Waals surface area (Å²) in [6.45, 7) is 4.92. The largest absolute Gasteiger partial charge is 0.497 e. The summed E-state index contributed by atoms with van der Waals surface area (Å²) >= 11 is 6.11. The molecular formula is C21H24ClN3O. The minimum atomic E-state index is 0.809. The predicted octanol–water partition coefficient (Wildman–Crippen LogP) is 3.83. The molecule has 2 aromatic rings. The summed E-state index contributed by atoms with van der Waals surface area (Å²) in [5, 5.41) is 3.11. The van der Waals surface area contributed by atoms with Crippen molar-refractivity contribution in [3.63, 3.8) is 0 Å². The van der Waals surface area contributed by atoms with E-state index >= 15 is 0 Å². The Balaban J connectivity index is 1.33. The van der Waals surface area contributed by atoms with Gasteiger partial charge >= 0.3 is 0 Å². The molecule has 2 aliphatic heterocycles. The minimum Gasteiger partial charge on any atom is -0.497 e. The number of methoxy groups -OCH3 is 1. The molecule has 0 amide bonds. The van der Waals surface area contributed by atoms with E-state index in [4.69, 9.17) is 16.3 Å². The molecule has 0 saturated heterocycles. The second kappa shape index (κ2) is 7.70. The molecule has 0 aliphatic carbocycles. The molecule has 0 spiro atoms. The van der Waals surface area contributed by atoms with Crippen LogP contribution < -0.4 is 10.2 Å². The van der Waals surface area contributed by atoms with Gasteiger partial charge in [0.05, 0.1) is 7.11 Å². The molecule has 26 heavy (non-hydrogen) atoms. The Morgan fingerprint density at radius 2 is 1.88 bits per heavy atom. The molecule has 0 fully saturated rings. The maximum atomic E-state index is 6.11. The molecule has 4 nitrogen and oxygen atoms in total. The fraction of sp³-hybridized carbons (Fsp3) is 0.333. The number of hydrogen-bond acceptors (Lipinski definition) is 4. The van der Waals surface area contributed by atoms with Gasteiger partial charge in [-0.15, -0.1) is 0 Å². The quantitative estimate of drug-likeness (QED) is 0.866. The first-order valence-electron chi connectivity index (χ1n) is 9.02. The van der Waals surface area contributed by atoms with E-state index < -0.39 is 0 Å². The third-order valence-electron chi connectivity index (χ3n) is 5.04. The molecule has 2 heterocycles. The molecule has 0 radical (unpaired) electrons. The van der Waals surface area contributed by atoms with Crippen molar-refractivity contribution in [2.45, 2.75) is 19.5 Å². The standard InChI is InChI=1S/C21H24ClN3O/c1-26-20-7-5-16(6-8-20)13-25-14-18-9-10-24(15-21(18)23-25)12-17-3-2-4-19(22)11-17/h2-8,11,23H,9-10,12-15H2,1H3. The van der Waals surface area contributed by atoms with Crippen molar-refractivity contribution in [2.24, 2.45) is 0 Å². The molecule has 0 unspecified atom stereocenters. The molecule has 0 bridgehead atoms. The van der Waals surface area contributed by atoms with Crippen LogP contribution >= 0.6 is 11.6 Å². The molecule has 0 atom stereocenters. The summed E-state index contributed by atoms with van der Waals surface area (Å²) in [7, 11) is 1.70. The predicted molar refractivity (Wildman–Crippen MR) is 105 cm³/mol. The lowest BCUT2D eigenvalue weighted by molar-refractivity contribution is 0.234. The van der Waals surface area contributed by atoms with E-state index in [9.17, 15) is 0 Å². The monoisotopic (exact) mass is 369 g/mol. The third-order valence-corrected chi connectivity index (χ3v) is 5.28. The molecule has 2 aliphatic rings. The Morgan fingerprint density at radius 3 is 2.65 bits per heavy atom.